The van der Waals surface area contributed by atoms with Gasteiger partial charge in [-0.1, -0.05) is 54.6 Å². The first-order valence-corrected chi connectivity index (χ1v) is 12.9. The normalized spacial score (nSPS) is 21.7. The number of hydrogen-bond acceptors (Lipinski definition) is 5. The lowest BCUT2D eigenvalue weighted by Gasteiger charge is -2.25. The van der Waals surface area contributed by atoms with Crippen LogP contribution in [-0.4, -0.2) is 59.2 Å². The zero-order valence-corrected chi connectivity index (χ0v) is 20.6. The van der Waals surface area contributed by atoms with Crippen LogP contribution in [0.1, 0.15) is 36.0 Å². The summed E-state index contributed by atoms with van der Waals surface area (Å²) in [6.45, 7) is 2.87. The third-order valence-corrected chi connectivity index (χ3v) is 7.55. The number of hydrogen-bond donors (Lipinski definition) is 3. The van der Waals surface area contributed by atoms with E-state index in [1.54, 1.807) is 12.1 Å². The Bertz CT molecular complexity index is 1160. The SMILES string of the molecule is OCCCC(=C(c1ccc(O)cc1)c1ccc(OCCN2C[C@H]3C[C@H]3[C@H]2CO)cc1)c1ccccc1. The summed E-state index contributed by atoms with van der Waals surface area (Å²) in [6, 6.07) is 26.1. The van der Waals surface area contributed by atoms with Crippen molar-refractivity contribution < 1.29 is 20.1 Å². The van der Waals surface area contributed by atoms with Crippen LogP contribution in [0.5, 0.6) is 11.5 Å². The molecule has 1 heterocycles. The molecule has 5 heteroatoms. The van der Waals surface area contributed by atoms with Crippen molar-refractivity contribution in [1.29, 1.82) is 0 Å². The molecule has 0 spiro atoms. The molecule has 3 aromatic carbocycles. The highest BCUT2D eigenvalue weighted by Gasteiger charge is 2.51. The zero-order chi connectivity index (χ0) is 24.9. The Kier molecular flexibility index (Phi) is 7.71. The highest BCUT2D eigenvalue weighted by molar-refractivity contribution is 5.98. The molecule has 1 saturated heterocycles. The van der Waals surface area contributed by atoms with E-state index in [1.165, 1.54) is 6.42 Å². The highest BCUT2D eigenvalue weighted by Crippen LogP contribution is 2.49. The number of allylic oxidation sites excluding steroid dienone is 1. The molecule has 5 rings (SSSR count). The number of fused-ring (bicyclic) bond motifs is 1. The van der Waals surface area contributed by atoms with Crippen LogP contribution in [-0.2, 0) is 0 Å². The van der Waals surface area contributed by atoms with Gasteiger partial charge in [0.15, 0.2) is 0 Å². The van der Waals surface area contributed by atoms with Gasteiger partial charge in [-0.15, -0.1) is 0 Å². The van der Waals surface area contributed by atoms with Crippen molar-refractivity contribution in [3.63, 3.8) is 0 Å². The van der Waals surface area contributed by atoms with E-state index in [1.807, 2.05) is 42.5 Å². The number of aliphatic hydroxyl groups is 2. The van der Waals surface area contributed by atoms with Crippen molar-refractivity contribution in [2.24, 2.45) is 11.8 Å². The Balaban J connectivity index is 1.38. The minimum Gasteiger partial charge on any atom is -0.508 e. The van der Waals surface area contributed by atoms with Crippen molar-refractivity contribution >= 4 is 11.1 Å². The van der Waals surface area contributed by atoms with Crippen LogP contribution in [0.3, 0.4) is 0 Å². The topological polar surface area (TPSA) is 73.2 Å². The van der Waals surface area contributed by atoms with Gasteiger partial charge in [0, 0.05) is 25.7 Å². The van der Waals surface area contributed by atoms with Crippen LogP contribution in [0.4, 0.5) is 0 Å². The molecule has 1 saturated carbocycles. The van der Waals surface area contributed by atoms with Crippen molar-refractivity contribution in [1.82, 2.24) is 4.90 Å². The maximum absolute atomic E-state index is 9.87. The fourth-order valence-electron chi connectivity index (χ4n) is 5.62. The minimum absolute atomic E-state index is 0.127. The van der Waals surface area contributed by atoms with E-state index in [-0.39, 0.29) is 19.0 Å². The number of rotatable bonds is 11. The second-order valence-electron chi connectivity index (χ2n) is 9.87. The van der Waals surface area contributed by atoms with Crippen LogP contribution in [0.25, 0.3) is 11.1 Å². The lowest BCUT2D eigenvalue weighted by Crippen LogP contribution is -2.38. The molecular weight excluding hydrogens is 450 g/mol. The van der Waals surface area contributed by atoms with Crippen LogP contribution < -0.4 is 4.74 Å². The van der Waals surface area contributed by atoms with E-state index in [0.717, 1.165) is 59.0 Å². The maximum Gasteiger partial charge on any atom is 0.119 e. The zero-order valence-electron chi connectivity index (χ0n) is 20.6. The molecule has 3 atom stereocenters. The first-order valence-electron chi connectivity index (χ1n) is 12.9. The summed E-state index contributed by atoms with van der Waals surface area (Å²) in [4.78, 5) is 2.37. The largest absolute Gasteiger partial charge is 0.508 e. The van der Waals surface area contributed by atoms with Gasteiger partial charge >= 0.3 is 0 Å². The van der Waals surface area contributed by atoms with Gasteiger partial charge < -0.3 is 20.1 Å². The van der Waals surface area contributed by atoms with Crippen molar-refractivity contribution in [2.75, 3.05) is 32.9 Å². The molecule has 2 fully saturated rings. The van der Waals surface area contributed by atoms with E-state index in [4.69, 9.17) is 4.74 Å². The van der Waals surface area contributed by atoms with E-state index in [0.29, 0.717) is 25.0 Å². The van der Waals surface area contributed by atoms with Crippen LogP contribution in [0.15, 0.2) is 78.9 Å². The summed E-state index contributed by atoms with van der Waals surface area (Å²) < 4.78 is 6.07. The molecule has 3 aromatic rings. The molecule has 0 aromatic heterocycles. The third-order valence-electron chi connectivity index (χ3n) is 7.55. The summed E-state index contributed by atoms with van der Waals surface area (Å²) in [5.74, 6) is 2.52. The third kappa shape index (κ3) is 5.49. The van der Waals surface area contributed by atoms with Gasteiger partial charge in [-0.2, -0.15) is 0 Å². The Morgan fingerprint density at radius 2 is 1.56 bits per heavy atom. The highest BCUT2D eigenvalue weighted by atomic mass is 16.5. The van der Waals surface area contributed by atoms with Gasteiger partial charge in [0.25, 0.3) is 0 Å². The predicted molar refractivity (Wildman–Crippen MR) is 143 cm³/mol. The number of nitrogens with zero attached hydrogens (tertiary/aromatic N) is 1. The molecule has 188 valence electrons. The first kappa shape index (κ1) is 24.6. The summed E-state index contributed by atoms with van der Waals surface area (Å²) in [5.41, 5.74) is 5.44. The van der Waals surface area contributed by atoms with Gasteiger partial charge in [-0.05, 0) is 83.2 Å². The number of piperidine rings is 1. The molecule has 0 radical (unpaired) electrons. The number of ether oxygens (including phenoxy) is 1. The number of benzene rings is 3. The smallest absolute Gasteiger partial charge is 0.119 e. The number of aliphatic hydroxyl groups excluding tert-OH is 2. The predicted octanol–water partition coefficient (Wildman–Crippen LogP) is 4.82. The maximum atomic E-state index is 9.87. The Morgan fingerprint density at radius 3 is 2.22 bits per heavy atom. The molecule has 5 nitrogen and oxygen atoms in total. The molecule has 36 heavy (non-hydrogen) atoms. The standard InChI is InChI=1S/C31H35NO4/c33-17-4-7-28(22-5-2-1-3-6-22)31(23-8-12-26(35)13-9-23)24-10-14-27(15-11-24)36-18-16-32-20-25-19-29(25)30(32)21-34/h1-3,5-6,8-15,25,29-30,33-35H,4,7,16-21H2/t25-,29-,30-/m1/s1. The van der Waals surface area contributed by atoms with Crippen molar-refractivity contribution in [3.05, 3.63) is 95.6 Å². The van der Waals surface area contributed by atoms with Crippen LogP contribution in [0, 0.1) is 11.8 Å². The molecule has 0 unspecified atom stereocenters. The Hall–Kier alpha value is -3.12. The van der Waals surface area contributed by atoms with Gasteiger partial charge in [0.05, 0.1) is 6.61 Å². The monoisotopic (exact) mass is 485 g/mol. The lowest BCUT2D eigenvalue weighted by atomic mass is 9.87. The number of likely N-dealkylation sites (tertiary alicyclic amines) is 1. The Labute approximate surface area is 213 Å². The summed E-state index contributed by atoms with van der Waals surface area (Å²) in [6.07, 6.45) is 2.67. The van der Waals surface area contributed by atoms with E-state index in [2.05, 4.69) is 29.2 Å². The molecule has 2 aliphatic rings. The van der Waals surface area contributed by atoms with Crippen LogP contribution >= 0.6 is 0 Å². The average Bonchev–Trinajstić information content (AvgIpc) is 3.59. The molecule has 0 amide bonds. The lowest BCUT2D eigenvalue weighted by molar-refractivity contribution is 0.120. The fourth-order valence-corrected chi connectivity index (χ4v) is 5.62. The van der Waals surface area contributed by atoms with E-state index < -0.39 is 0 Å². The van der Waals surface area contributed by atoms with Crippen molar-refractivity contribution in [3.8, 4) is 11.5 Å². The summed E-state index contributed by atoms with van der Waals surface area (Å²) in [7, 11) is 0. The first-order chi connectivity index (χ1) is 17.7. The van der Waals surface area contributed by atoms with Gasteiger partial charge in [-0.25, -0.2) is 0 Å². The molecule has 1 aliphatic carbocycles. The fraction of sp³-hybridized carbons (Fsp3) is 0.355. The van der Waals surface area contributed by atoms with Gasteiger partial charge in [0.1, 0.15) is 18.1 Å². The number of aromatic hydroxyl groups is 1. The van der Waals surface area contributed by atoms with Gasteiger partial charge in [-0.3, -0.25) is 4.90 Å². The summed E-state index contributed by atoms with van der Waals surface area (Å²) >= 11 is 0. The van der Waals surface area contributed by atoms with Crippen molar-refractivity contribution in [2.45, 2.75) is 25.3 Å². The second-order valence-corrected chi connectivity index (χ2v) is 9.87. The number of phenolic OH excluding ortho intramolecular Hbond substituents is 1. The molecular formula is C31H35NO4. The van der Waals surface area contributed by atoms with E-state index in [9.17, 15) is 15.3 Å². The molecule has 1 aliphatic heterocycles. The minimum atomic E-state index is 0.127. The average molecular weight is 486 g/mol. The molecule has 0 bridgehead atoms. The Morgan fingerprint density at radius 1 is 0.861 bits per heavy atom. The summed E-state index contributed by atoms with van der Waals surface area (Å²) in [5, 5.41) is 29.2. The number of phenols is 1. The van der Waals surface area contributed by atoms with Gasteiger partial charge in [0.2, 0.25) is 0 Å². The van der Waals surface area contributed by atoms with Crippen LogP contribution in [0.2, 0.25) is 0 Å². The quantitative estimate of drug-likeness (QED) is 0.340. The van der Waals surface area contributed by atoms with E-state index >= 15 is 0 Å². The second kappa shape index (κ2) is 11.3. The molecule has 3 N–H and O–H groups in total.